The molecule has 1 aromatic rings. The van der Waals surface area contributed by atoms with Gasteiger partial charge in [-0.15, -0.1) is 0 Å². The van der Waals surface area contributed by atoms with Crippen LogP contribution in [-0.4, -0.2) is 14.4 Å². The Kier molecular flexibility index (Phi) is 4.36. The van der Waals surface area contributed by atoms with Gasteiger partial charge in [0.05, 0.1) is 10.8 Å². The van der Waals surface area contributed by atoms with Gasteiger partial charge in [-0.05, 0) is 24.3 Å². The average molecular weight is 279 g/mol. The van der Waals surface area contributed by atoms with E-state index in [1.54, 1.807) is 13.8 Å². The van der Waals surface area contributed by atoms with Gasteiger partial charge < -0.3 is 0 Å². The molecule has 0 aliphatic carbocycles. The minimum absolute atomic E-state index is 0.0540. The second-order valence-electron chi connectivity index (χ2n) is 3.55. The molecular formula is C10H11ClO5S. The lowest BCUT2D eigenvalue weighted by Gasteiger charge is -2.06. The summed E-state index contributed by atoms with van der Waals surface area (Å²) in [7, 11) is 1.37. The largest absolute Gasteiger partial charge is 0.357 e. The normalized spacial score (nSPS) is 11.3. The summed E-state index contributed by atoms with van der Waals surface area (Å²) in [4.78, 5) is 20.2. The van der Waals surface area contributed by atoms with Gasteiger partial charge in [0.2, 0.25) is 0 Å². The average Bonchev–Trinajstić information content (AvgIpc) is 2.25. The predicted octanol–water partition coefficient (Wildman–Crippen LogP) is 2.11. The van der Waals surface area contributed by atoms with Gasteiger partial charge in [0, 0.05) is 10.7 Å². The maximum atomic E-state index is 11.1. The van der Waals surface area contributed by atoms with E-state index in [1.165, 1.54) is 24.3 Å². The molecule has 0 atom stereocenters. The summed E-state index contributed by atoms with van der Waals surface area (Å²) in [6.45, 7) is 3.32. The lowest BCUT2D eigenvalue weighted by Crippen LogP contribution is -2.13. The van der Waals surface area contributed by atoms with Crippen LogP contribution in [-0.2, 0) is 18.7 Å². The van der Waals surface area contributed by atoms with Gasteiger partial charge in [-0.3, -0.25) is 9.78 Å². The Labute approximate surface area is 104 Å². The third kappa shape index (κ3) is 4.24. The fraction of sp³-hybridized carbons (Fsp3) is 0.300. The van der Waals surface area contributed by atoms with Crippen molar-refractivity contribution in [3.8, 4) is 5.75 Å². The molecule has 0 bridgehead atoms. The van der Waals surface area contributed by atoms with Crippen LogP contribution in [0, 0.1) is 5.92 Å². The molecular weight excluding hydrogens is 268 g/mol. The summed E-state index contributed by atoms with van der Waals surface area (Å²) < 4.78 is 21.9. The molecule has 0 fully saturated rings. The molecule has 0 amide bonds. The molecule has 7 heteroatoms. The number of carbonyl (C=O) groups is 1. The highest BCUT2D eigenvalue weighted by Crippen LogP contribution is 2.19. The molecule has 0 aromatic heterocycles. The minimum Gasteiger partial charge on any atom is -0.287 e. The van der Waals surface area contributed by atoms with Gasteiger partial charge >= 0.3 is 5.97 Å². The summed E-state index contributed by atoms with van der Waals surface area (Å²) in [6, 6.07) is 5.17. The van der Waals surface area contributed by atoms with E-state index >= 15 is 0 Å². The lowest BCUT2D eigenvalue weighted by atomic mass is 10.2. The monoisotopic (exact) mass is 278 g/mol. The molecule has 94 valence electrons. The molecule has 0 heterocycles. The predicted molar refractivity (Wildman–Crippen MR) is 61.0 cm³/mol. The molecule has 0 unspecified atom stereocenters. The number of hydrogen-bond acceptors (Lipinski definition) is 5. The van der Waals surface area contributed by atoms with Crippen LogP contribution in [0.1, 0.15) is 13.8 Å². The first-order chi connectivity index (χ1) is 7.80. The first kappa shape index (κ1) is 13.8. The third-order valence-corrected chi connectivity index (χ3v) is 3.17. The van der Waals surface area contributed by atoms with Crippen molar-refractivity contribution in [2.75, 3.05) is 0 Å². The third-order valence-electron chi connectivity index (χ3n) is 1.80. The van der Waals surface area contributed by atoms with E-state index in [0.717, 1.165) is 0 Å². The zero-order chi connectivity index (χ0) is 13.1. The van der Waals surface area contributed by atoms with Crippen molar-refractivity contribution in [1.29, 1.82) is 0 Å². The van der Waals surface area contributed by atoms with E-state index in [-0.39, 0.29) is 16.6 Å². The Hall–Kier alpha value is -1.27. The van der Waals surface area contributed by atoms with Crippen LogP contribution < -0.4 is 4.89 Å². The molecule has 0 N–H and O–H groups in total. The van der Waals surface area contributed by atoms with Crippen molar-refractivity contribution >= 4 is 25.7 Å². The highest BCUT2D eigenvalue weighted by Gasteiger charge is 2.12. The van der Waals surface area contributed by atoms with E-state index in [9.17, 15) is 13.2 Å². The fourth-order valence-corrected chi connectivity index (χ4v) is 1.61. The minimum atomic E-state index is -3.76. The van der Waals surface area contributed by atoms with Crippen LogP contribution >= 0.6 is 10.7 Å². The standard InChI is InChI=1S/C10H11ClO5S/c1-7(2)10(12)16-15-8-3-5-9(6-4-8)17(11,13)14/h3-7H,1-2H3. The number of hydrogen-bond donors (Lipinski definition) is 0. The molecule has 1 rings (SSSR count). The quantitative estimate of drug-likeness (QED) is 0.479. The maximum Gasteiger partial charge on any atom is 0.357 e. The van der Waals surface area contributed by atoms with Crippen molar-refractivity contribution in [1.82, 2.24) is 0 Å². The molecule has 0 aliphatic heterocycles. The lowest BCUT2D eigenvalue weighted by molar-refractivity contribution is -0.217. The molecule has 0 aliphatic rings. The summed E-state index contributed by atoms with van der Waals surface area (Å²) in [5.74, 6) is -0.611. The smallest absolute Gasteiger partial charge is 0.287 e. The second-order valence-corrected chi connectivity index (χ2v) is 6.12. The van der Waals surface area contributed by atoms with Crippen LogP contribution in [0.15, 0.2) is 29.2 Å². The van der Waals surface area contributed by atoms with Gasteiger partial charge in [0.25, 0.3) is 9.05 Å². The van der Waals surface area contributed by atoms with Gasteiger partial charge in [0.15, 0.2) is 5.75 Å². The number of rotatable bonds is 4. The fourth-order valence-electron chi connectivity index (χ4n) is 0.843. The van der Waals surface area contributed by atoms with Gasteiger partial charge in [-0.1, -0.05) is 13.8 Å². The number of halogens is 1. The first-order valence-electron chi connectivity index (χ1n) is 4.74. The number of carbonyl (C=O) groups excluding carboxylic acids is 1. The van der Waals surface area contributed by atoms with Crippen LogP contribution in [0.25, 0.3) is 0 Å². The van der Waals surface area contributed by atoms with Crippen molar-refractivity contribution in [2.24, 2.45) is 5.92 Å². The van der Waals surface area contributed by atoms with Crippen LogP contribution in [0.4, 0.5) is 0 Å². The Bertz CT molecular complexity index is 492. The van der Waals surface area contributed by atoms with Gasteiger partial charge in [-0.25, -0.2) is 13.2 Å². The van der Waals surface area contributed by atoms with E-state index in [2.05, 4.69) is 4.89 Å². The Balaban J connectivity index is 2.67. The topological polar surface area (TPSA) is 69.7 Å². The van der Waals surface area contributed by atoms with Crippen molar-refractivity contribution in [2.45, 2.75) is 18.7 Å². The maximum absolute atomic E-state index is 11.1. The van der Waals surface area contributed by atoms with E-state index in [0.29, 0.717) is 0 Å². The summed E-state index contributed by atoms with van der Waals surface area (Å²) in [5, 5.41) is 0. The van der Waals surface area contributed by atoms with Crippen LogP contribution in [0.2, 0.25) is 0 Å². The van der Waals surface area contributed by atoms with E-state index < -0.39 is 15.0 Å². The molecule has 17 heavy (non-hydrogen) atoms. The molecule has 0 saturated heterocycles. The Morgan fingerprint density at radius 2 is 1.76 bits per heavy atom. The Morgan fingerprint density at radius 3 is 2.18 bits per heavy atom. The summed E-state index contributed by atoms with van der Waals surface area (Å²) in [6.07, 6.45) is 0. The first-order valence-corrected chi connectivity index (χ1v) is 7.04. The second kappa shape index (κ2) is 5.37. The molecule has 1 aromatic carbocycles. The van der Waals surface area contributed by atoms with Crippen LogP contribution in [0.3, 0.4) is 0 Å². The number of benzene rings is 1. The van der Waals surface area contributed by atoms with Crippen LogP contribution in [0.5, 0.6) is 5.75 Å². The highest BCUT2D eigenvalue weighted by atomic mass is 35.7. The Morgan fingerprint density at radius 1 is 1.24 bits per heavy atom. The van der Waals surface area contributed by atoms with E-state index in [4.69, 9.17) is 15.6 Å². The van der Waals surface area contributed by atoms with Crippen molar-refractivity contribution in [3.63, 3.8) is 0 Å². The van der Waals surface area contributed by atoms with Gasteiger partial charge in [-0.2, -0.15) is 0 Å². The zero-order valence-electron chi connectivity index (χ0n) is 9.21. The van der Waals surface area contributed by atoms with Crippen molar-refractivity contribution < 1.29 is 23.0 Å². The van der Waals surface area contributed by atoms with E-state index in [1.807, 2.05) is 0 Å². The van der Waals surface area contributed by atoms with Crippen molar-refractivity contribution in [3.05, 3.63) is 24.3 Å². The molecule has 0 radical (unpaired) electrons. The SMILES string of the molecule is CC(C)C(=O)OOc1ccc(S(=O)(=O)Cl)cc1. The molecule has 5 nitrogen and oxygen atoms in total. The molecule has 0 saturated carbocycles. The molecule has 0 spiro atoms. The zero-order valence-corrected chi connectivity index (χ0v) is 10.8. The highest BCUT2D eigenvalue weighted by molar-refractivity contribution is 8.13. The summed E-state index contributed by atoms with van der Waals surface area (Å²) >= 11 is 0. The summed E-state index contributed by atoms with van der Waals surface area (Å²) in [5.41, 5.74) is 0. The van der Waals surface area contributed by atoms with Gasteiger partial charge in [0.1, 0.15) is 0 Å².